The lowest BCUT2D eigenvalue weighted by molar-refractivity contribution is 0.0972. The summed E-state index contributed by atoms with van der Waals surface area (Å²) in [6.45, 7) is 2.00. The number of nitrogens with one attached hydrogen (secondary N) is 2. The van der Waals surface area contributed by atoms with Gasteiger partial charge in [0.1, 0.15) is 5.69 Å². The van der Waals surface area contributed by atoms with Crippen molar-refractivity contribution < 1.29 is 17.8 Å². The van der Waals surface area contributed by atoms with Crippen molar-refractivity contribution in [2.75, 3.05) is 13.3 Å². The molecule has 5 N–H and O–H groups in total. The maximum absolute atomic E-state index is 11.8. The summed E-state index contributed by atoms with van der Waals surface area (Å²) in [6, 6.07) is 7.68. The van der Waals surface area contributed by atoms with Gasteiger partial charge in [-0.1, -0.05) is 12.1 Å². The summed E-state index contributed by atoms with van der Waals surface area (Å²) in [4.78, 5) is 18.5. The molecule has 0 bridgehead atoms. The van der Waals surface area contributed by atoms with Gasteiger partial charge >= 0.3 is 0 Å². The molecule has 120 valence electrons. The lowest BCUT2D eigenvalue weighted by Gasteiger charge is -2.00. The quantitative estimate of drug-likeness (QED) is 0.346. The molecule has 0 aliphatic carbocycles. The van der Waals surface area contributed by atoms with Gasteiger partial charge in [-0.2, -0.15) is 8.42 Å². The predicted octanol–water partition coefficient (Wildman–Crippen LogP) is 0.655. The maximum atomic E-state index is 11.8. The van der Waals surface area contributed by atoms with Crippen LogP contribution in [0, 0.1) is 6.92 Å². The normalized spacial score (nSPS) is 11.7. The van der Waals surface area contributed by atoms with Crippen LogP contribution in [0.15, 0.2) is 29.3 Å². The number of nitrogens with two attached hydrogens (primary N) is 1. The van der Waals surface area contributed by atoms with Gasteiger partial charge in [0, 0.05) is 18.0 Å². The fourth-order valence-electron chi connectivity index (χ4n) is 1.67. The lowest BCUT2D eigenvalue weighted by atomic mass is 10.1. The molecule has 0 atom stereocenters. The second kappa shape index (κ2) is 7.05. The van der Waals surface area contributed by atoms with E-state index in [0.717, 1.165) is 16.5 Å². The first-order chi connectivity index (χ1) is 10.1. The highest BCUT2D eigenvalue weighted by atomic mass is 32.2. The average Bonchev–Trinajstić information content (AvgIpc) is 2.82. The number of fused-ring (bicyclic) bond motifs is 1. The molecule has 0 aliphatic rings. The molecular weight excluding hydrogens is 308 g/mol. The zero-order chi connectivity index (χ0) is 16.9. The Balaban J connectivity index is 0.000000422. The number of guanidine groups is 1. The molecule has 1 aromatic carbocycles. The Morgan fingerprint density at radius 2 is 2.00 bits per heavy atom. The first-order valence-corrected chi connectivity index (χ1v) is 8.01. The number of amides is 1. The third-order valence-corrected chi connectivity index (χ3v) is 2.61. The zero-order valence-electron chi connectivity index (χ0n) is 12.4. The molecular formula is C13H18N4O4S. The van der Waals surface area contributed by atoms with Crippen LogP contribution in [-0.2, 0) is 10.1 Å². The summed E-state index contributed by atoms with van der Waals surface area (Å²) in [7, 11) is -2.15. The van der Waals surface area contributed by atoms with E-state index in [4.69, 9.17) is 10.3 Å². The van der Waals surface area contributed by atoms with E-state index in [1.807, 2.05) is 31.2 Å². The Labute approximate surface area is 128 Å². The Bertz CT molecular complexity index is 801. The highest BCUT2D eigenvalue weighted by Gasteiger charge is 2.10. The number of aromatic amines is 1. The number of nitrogens with zero attached hydrogens (tertiary/aromatic N) is 1. The molecule has 0 saturated carbocycles. The number of carbonyl (C=O) groups excluding carboxylic acids is 1. The topological polar surface area (TPSA) is 138 Å². The van der Waals surface area contributed by atoms with Crippen LogP contribution >= 0.6 is 0 Å². The van der Waals surface area contributed by atoms with E-state index in [-0.39, 0.29) is 11.9 Å². The van der Waals surface area contributed by atoms with Crippen molar-refractivity contribution in [1.29, 1.82) is 0 Å². The number of hydrogen-bond acceptors (Lipinski definition) is 4. The minimum Gasteiger partial charge on any atom is -0.370 e. The first-order valence-electron chi connectivity index (χ1n) is 6.16. The molecule has 2 aromatic rings. The Kier molecular flexibility index (Phi) is 5.66. The minimum absolute atomic E-state index is 0.102. The third-order valence-electron chi connectivity index (χ3n) is 2.61. The van der Waals surface area contributed by atoms with Gasteiger partial charge in [0.05, 0.1) is 6.26 Å². The van der Waals surface area contributed by atoms with Crippen molar-refractivity contribution in [3.63, 3.8) is 0 Å². The summed E-state index contributed by atoms with van der Waals surface area (Å²) in [5.41, 5.74) is 7.97. The van der Waals surface area contributed by atoms with Gasteiger partial charge in [-0.05, 0) is 24.6 Å². The van der Waals surface area contributed by atoms with E-state index in [1.165, 1.54) is 7.05 Å². The van der Waals surface area contributed by atoms with Gasteiger partial charge < -0.3 is 10.7 Å². The number of benzene rings is 1. The third kappa shape index (κ3) is 5.54. The number of rotatable bonds is 1. The second-order valence-electron chi connectivity index (χ2n) is 4.52. The minimum atomic E-state index is -3.67. The highest BCUT2D eigenvalue weighted by molar-refractivity contribution is 7.85. The molecule has 0 saturated heterocycles. The van der Waals surface area contributed by atoms with E-state index in [2.05, 4.69) is 15.3 Å². The van der Waals surface area contributed by atoms with Gasteiger partial charge in [-0.3, -0.25) is 19.7 Å². The van der Waals surface area contributed by atoms with Crippen molar-refractivity contribution in [3.05, 3.63) is 35.5 Å². The van der Waals surface area contributed by atoms with Crippen molar-refractivity contribution in [3.8, 4) is 0 Å². The smallest absolute Gasteiger partial charge is 0.274 e. The number of aryl methyl sites for hydroxylation is 1. The first kappa shape index (κ1) is 17.7. The maximum Gasteiger partial charge on any atom is 0.274 e. The molecule has 1 heterocycles. The number of carbonyl (C=O) groups is 1. The van der Waals surface area contributed by atoms with Crippen LogP contribution < -0.4 is 11.1 Å². The fourth-order valence-corrected chi connectivity index (χ4v) is 1.67. The molecule has 9 heteroatoms. The fraction of sp³-hybridized carbons (Fsp3) is 0.231. The monoisotopic (exact) mass is 326 g/mol. The standard InChI is InChI=1S/C12H14N4O.CH4O3S/c1-7-4-3-5-9-8(7)6-10(15-9)11(17)16-12(13)14-2;1-5(2,3)4/h3-6,15H,1-2H3,(H3,13,14,16,17);1H3,(H,2,3,4). The predicted molar refractivity (Wildman–Crippen MR) is 85.5 cm³/mol. The number of aliphatic imine (C=N–C) groups is 1. The van der Waals surface area contributed by atoms with Gasteiger partial charge in [0.25, 0.3) is 16.0 Å². The molecule has 2 rings (SSSR count). The van der Waals surface area contributed by atoms with Crippen molar-refractivity contribution in [2.45, 2.75) is 6.92 Å². The van der Waals surface area contributed by atoms with Crippen molar-refractivity contribution >= 4 is 32.9 Å². The van der Waals surface area contributed by atoms with E-state index in [0.29, 0.717) is 11.9 Å². The van der Waals surface area contributed by atoms with Crippen LogP contribution in [0.1, 0.15) is 16.1 Å². The van der Waals surface area contributed by atoms with Crippen LogP contribution in [-0.4, -0.2) is 43.1 Å². The van der Waals surface area contributed by atoms with Crippen LogP contribution in [0.2, 0.25) is 0 Å². The second-order valence-corrected chi connectivity index (χ2v) is 5.98. The molecule has 1 aromatic heterocycles. The molecule has 22 heavy (non-hydrogen) atoms. The van der Waals surface area contributed by atoms with Gasteiger partial charge in [0.15, 0.2) is 5.96 Å². The molecule has 0 radical (unpaired) electrons. The zero-order valence-corrected chi connectivity index (χ0v) is 13.2. The molecule has 0 spiro atoms. The van der Waals surface area contributed by atoms with E-state index in [1.54, 1.807) is 0 Å². The SMILES string of the molecule is CN=C(N)NC(=O)c1cc2c(C)cccc2[nH]1.CS(=O)(=O)O. The van der Waals surface area contributed by atoms with Gasteiger partial charge in [-0.15, -0.1) is 0 Å². The summed E-state index contributed by atoms with van der Waals surface area (Å²) >= 11 is 0. The van der Waals surface area contributed by atoms with E-state index >= 15 is 0 Å². The molecule has 0 unspecified atom stereocenters. The largest absolute Gasteiger partial charge is 0.370 e. The Morgan fingerprint density at radius 1 is 1.41 bits per heavy atom. The number of hydrogen-bond donors (Lipinski definition) is 4. The summed E-state index contributed by atoms with van der Waals surface area (Å²) in [5, 5.41) is 3.52. The lowest BCUT2D eigenvalue weighted by Crippen LogP contribution is -2.36. The van der Waals surface area contributed by atoms with Crippen molar-refractivity contribution in [2.24, 2.45) is 10.7 Å². The van der Waals surface area contributed by atoms with Crippen LogP contribution in [0.4, 0.5) is 0 Å². The molecule has 0 fully saturated rings. The van der Waals surface area contributed by atoms with Gasteiger partial charge in [0.2, 0.25) is 0 Å². The Hall–Kier alpha value is -2.39. The number of aromatic nitrogens is 1. The molecule has 1 amide bonds. The van der Waals surface area contributed by atoms with Crippen LogP contribution in [0.25, 0.3) is 10.9 Å². The Morgan fingerprint density at radius 3 is 2.50 bits per heavy atom. The number of H-pyrrole nitrogens is 1. The van der Waals surface area contributed by atoms with Crippen LogP contribution in [0.3, 0.4) is 0 Å². The average molecular weight is 326 g/mol. The van der Waals surface area contributed by atoms with Crippen LogP contribution in [0.5, 0.6) is 0 Å². The van der Waals surface area contributed by atoms with Gasteiger partial charge in [-0.25, -0.2) is 0 Å². The van der Waals surface area contributed by atoms with E-state index < -0.39 is 10.1 Å². The summed E-state index contributed by atoms with van der Waals surface area (Å²) in [6.07, 6.45) is 0.715. The summed E-state index contributed by atoms with van der Waals surface area (Å²) in [5.74, 6) is -0.186. The van der Waals surface area contributed by atoms with E-state index in [9.17, 15) is 13.2 Å². The summed E-state index contributed by atoms with van der Waals surface area (Å²) < 4.78 is 25.9. The molecule has 0 aliphatic heterocycles. The molecule has 8 nitrogen and oxygen atoms in total. The van der Waals surface area contributed by atoms with Crippen molar-refractivity contribution in [1.82, 2.24) is 10.3 Å². The highest BCUT2D eigenvalue weighted by Crippen LogP contribution is 2.18.